The molecule has 0 aliphatic heterocycles. The van der Waals surface area contributed by atoms with E-state index in [1.54, 1.807) is 49.5 Å². The van der Waals surface area contributed by atoms with Crippen LogP contribution in [0.5, 0.6) is 0 Å². The number of methoxy groups -OCH3 is 1. The van der Waals surface area contributed by atoms with E-state index in [2.05, 4.69) is 4.98 Å². The Morgan fingerprint density at radius 3 is 2.67 bits per heavy atom. The second-order valence-electron chi connectivity index (χ2n) is 4.61. The Hall–Kier alpha value is -2.27. The summed E-state index contributed by atoms with van der Waals surface area (Å²) >= 11 is 0. The summed E-state index contributed by atoms with van der Waals surface area (Å²) in [6.07, 6.45) is 3.22. The van der Waals surface area contributed by atoms with E-state index in [4.69, 9.17) is 4.74 Å². The van der Waals surface area contributed by atoms with Crippen LogP contribution < -0.4 is 4.90 Å². The van der Waals surface area contributed by atoms with Crippen molar-refractivity contribution in [2.75, 3.05) is 25.2 Å². The Labute approximate surface area is 123 Å². The third-order valence-electron chi connectivity index (χ3n) is 3.17. The topological polar surface area (TPSA) is 42.4 Å². The van der Waals surface area contributed by atoms with Crippen LogP contribution in [0, 0.1) is 12.7 Å². The van der Waals surface area contributed by atoms with Gasteiger partial charge in [0.05, 0.1) is 6.61 Å². The van der Waals surface area contributed by atoms with Crippen molar-refractivity contribution in [1.82, 2.24) is 4.98 Å². The third kappa shape index (κ3) is 3.64. The second kappa shape index (κ2) is 6.95. The smallest absolute Gasteiger partial charge is 0.258 e. The summed E-state index contributed by atoms with van der Waals surface area (Å²) < 4.78 is 18.5. The van der Waals surface area contributed by atoms with Crippen molar-refractivity contribution >= 4 is 11.6 Å². The number of hydrogen-bond donors (Lipinski definition) is 0. The first-order chi connectivity index (χ1) is 10.1. The van der Waals surface area contributed by atoms with Crippen LogP contribution in [0.1, 0.15) is 15.9 Å². The van der Waals surface area contributed by atoms with Gasteiger partial charge in [0, 0.05) is 37.3 Å². The van der Waals surface area contributed by atoms with Gasteiger partial charge in [0.1, 0.15) is 5.82 Å². The Morgan fingerprint density at radius 2 is 2.00 bits per heavy atom. The van der Waals surface area contributed by atoms with Crippen molar-refractivity contribution in [3.8, 4) is 0 Å². The number of hydrogen-bond acceptors (Lipinski definition) is 3. The number of aryl methyl sites for hydroxylation is 1. The number of nitrogens with zero attached hydrogens (tertiary/aromatic N) is 2. The van der Waals surface area contributed by atoms with Crippen molar-refractivity contribution < 1.29 is 13.9 Å². The van der Waals surface area contributed by atoms with Gasteiger partial charge in [-0.1, -0.05) is 6.07 Å². The van der Waals surface area contributed by atoms with Gasteiger partial charge in [-0.25, -0.2) is 4.39 Å². The van der Waals surface area contributed by atoms with Crippen molar-refractivity contribution in [3.05, 3.63) is 59.7 Å². The van der Waals surface area contributed by atoms with E-state index < -0.39 is 5.82 Å². The molecule has 2 aromatic rings. The number of halogens is 1. The molecule has 0 unspecified atom stereocenters. The number of benzene rings is 1. The molecule has 0 saturated carbocycles. The lowest BCUT2D eigenvalue weighted by Crippen LogP contribution is -2.34. The average molecular weight is 288 g/mol. The lowest BCUT2D eigenvalue weighted by atomic mass is 10.1. The fourth-order valence-corrected chi connectivity index (χ4v) is 2.02. The standard InChI is InChI=1S/C16H17FN2O2/c1-12-3-4-13(17)11-15(12)16(20)19(9-10-21-2)14-5-7-18-8-6-14/h3-8,11H,9-10H2,1-2H3. The number of carbonyl (C=O) groups is 1. The number of pyridine rings is 1. The molecule has 0 N–H and O–H groups in total. The minimum atomic E-state index is -0.426. The van der Waals surface area contributed by atoms with E-state index in [0.29, 0.717) is 24.4 Å². The summed E-state index contributed by atoms with van der Waals surface area (Å²) in [5.41, 5.74) is 1.79. The maximum atomic E-state index is 13.4. The second-order valence-corrected chi connectivity index (χ2v) is 4.61. The van der Waals surface area contributed by atoms with E-state index in [1.165, 1.54) is 12.1 Å². The maximum Gasteiger partial charge on any atom is 0.258 e. The van der Waals surface area contributed by atoms with Gasteiger partial charge >= 0.3 is 0 Å². The number of ether oxygens (including phenoxy) is 1. The molecule has 0 bridgehead atoms. The van der Waals surface area contributed by atoms with Crippen molar-refractivity contribution in [3.63, 3.8) is 0 Å². The normalized spacial score (nSPS) is 10.4. The Bertz CT molecular complexity index is 617. The maximum absolute atomic E-state index is 13.4. The van der Waals surface area contributed by atoms with Crippen LogP contribution in [-0.2, 0) is 4.74 Å². The van der Waals surface area contributed by atoms with E-state index in [-0.39, 0.29) is 5.91 Å². The van der Waals surface area contributed by atoms with Crippen LogP contribution in [0.25, 0.3) is 0 Å². The van der Waals surface area contributed by atoms with E-state index >= 15 is 0 Å². The first kappa shape index (κ1) is 15.1. The molecule has 1 aromatic carbocycles. The van der Waals surface area contributed by atoms with Crippen LogP contribution in [-0.4, -0.2) is 31.2 Å². The minimum Gasteiger partial charge on any atom is -0.383 e. The van der Waals surface area contributed by atoms with Crippen LogP contribution >= 0.6 is 0 Å². The third-order valence-corrected chi connectivity index (χ3v) is 3.17. The van der Waals surface area contributed by atoms with Gasteiger partial charge in [-0.3, -0.25) is 9.78 Å². The molecule has 2 rings (SSSR count). The zero-order valence-electron chi connectivity index (χ0n) is 12.0. The SMILES string of the molecule is COCCN(C(=O)c1cc(F)ccc1C)c1ccncc1. The molecule has 1 amide bonds. The molecule has 0 aliphatic carbocycles. The fourth-order valence-electron chi connectivity index (χ4n) is 2.02. The summed E-state index contributed by atoms with van der Waals surface area (Å²) in [5.74, 6) is -0.680. The van der Waals surface area contributed by atoms with Crippen molar-refractivity contribution in [1.29, 1.82) is 0 Å². The lowest BCUT2D eigenvalue weighted by Gasteiger charge is -2.23. The van der Waals surface area contributed by atoms with Gasteiger partial charge in [0.2, 0.25) is 0 Å². The predicted molar refractivity (Wildman–Crippen MR) is 78.9 cm³/mol. The van der Waals surface area contributed by atoms with Gasteiger partial charge in [-0.15, -0.1) is 0 Å². The Kier molecular flexibility index (Phi) is 5.00. The number of aromatic nitrogens is 1. The van der Waals surface area contributed by atoms with Crippen LogP contribution in [0.3, 0.4) is 0 Å². The van der Waals surface area contributed by atoms with Gasteiger partial charge in [-0.2, -0.15) is 0 Å². The zero-order valence-corrected chi connectivity index (χ0v) is 12.0. The quantitative estimate of drug-likeness (QED) is 0.849. The van der Waals surface area contributed by atoms with Crippen molar-refractivity contribution in [2.45, 2.75) is 6.92 Å². The Balaban J connectivity index is 2.36. The molecule has 1 heterocycles. The van der Waals surface area contributed by atoms with Gasteiger partial charge in [-0.05, 0) is 36.8 Å². The highest BCUT2D eigenvalue weighted by Crippen LogP contribution is 2.19. The molecule has 5 heteroatoms. The molecule has 0 spiro atoms. The summed E-state index contributed by atoms with van der Waals surface area (Å²) in [6, 6.07) is 7.69. The molecule has 0 atom stereocenters. The molecule has 0 radical (unpaired) electrons. The van der Waals surface area contributed by atoms with Gasteiger partial charge < -0.3 is 9.64 Å². The van der Waals surface area contributed by atoms with Crippen molar-refractivity contribution in [2.24, 2.45) is 0 Å². The average Bonchev–Trinajstić information content (AvgIpc) is 2.51. The zero-order chi connectivity index (χ0) is 15.2. The number of amides is 1. The summed E-state index contributed by atoms with van der Waals surface area (Å²) in [5, 5.41) is 0. The molecular formula is C16H17FN2O2. The molecule has 0 aliphatic rings. The monoisotopic (exact) mass is 288 g/mol. The van der Waals surface area contributed by atoms with Crippen LogP contribution in [0.15, 0.2) is 42.7 Å². The minimum absolute atomic E-state index is 0.254. The van der Waals surface area contributed by atoms with Crippen LogP contribution in [0.2, 0.25) is 0 Å². The first-order valence-corrected chi connectivity index (χ1v) is 6.60. The number of rotatable bonds is 5. The summed E-state index contributed by atoms with van der Waals surface area (Å²) in [7, 11) is 1.57. The first-order valence-electron chi connectivity index (χ1n) is 6.60. The lowest BCUT2D eigenvalue weighted by molar-refractivity contribution is 0.0975. The van der Waals surface area contributed by atoms with E-state index in [9.17, 15) is 9.18 Å². The number of anilines is 1. The molecule has 110 valence electrons. The van der Waals surface area contributed by atoms with Gasteiger partial charge in [0.15, 0.2) is 0 Å². The summed E-state index contributed by atoms with van der Waals surface area (Å²) in [6.45, 7) is 2.56. The molecule has 4 nitrogen and oxygen atoms in total. The molecule has 21 heavy (non-hydrogen) atoms. The highest BCUT2D eigenvalue weighted by Gasteiger charge is 2.19. The highest BCUT2D eigenvalue weighted by molar-refractivity contribution is 6.07. The molecule has 0 saturated heterocycles. The molecule has 0 fully saturated rings. The Morgan fingerprint density at radius 1 is 1.29 bits per heavy atom. The summed E-state index contributed by atoms with van der Waals surface area (Å²) in [4.78, 5) is 18.2. The van der Waals surface area contributed by atoms with Crippen LogP contribution in [0.4, 0.5) is 10.1 Å². The largest absolute Gasteiger partial charge is 0.383 e. The fraction of sp³-hybridized carbons (Fsp3) is 0.250. The number of carbonyl (C=O) groups excluding carboxylic acids is 1. The predicted octanol–water partition coefficient (Wildman–Crippen LogP) is 2.82. The van der Waals surface area contributed by atoms with E-state index in [1.807, 2.05) is 0 Å². The van der Waals surface area contributed by atoms with Gasteiger partial charge in [0.25, 0.3) is 5.91 Å². The molecule has 1 aromatic heterocycles. The van der Waals surface area contributed by atoms with E-state index in [0.717, 1.165) is 5.56 Å². The highest BCUT2D eigenvalue weighted by atomic mass is 19.1. The molecular weight excluding hydrogens is 271 g/mol.